The highest BCUT2D eigenvalue weighted by molar-refractivity contribution is 6.30. The number of fused-ring (bicyclic) bond motifs is 2. The number of carbonyl (C=O) groups is 1. The molecular weight excluding hydrogens is 388 g/mol. The van der Waals surface area contributed by atoms with E-state index < -0.39 is 0 Å². The van der Waals surface area contributed by atoms with Crippen LogP contribution >= 0.6 is 11.6 Å². The van der Waals surface area contributed by atoms with E-state index in [1.807, 2.05) is 0 Å². The van der Waals surface area contributed by atoms with Crippen molar-refractivity contribution in [2.45, 2.75) is 46.1 Å². The largest absolute Gasteiger partial charge is 0.393 e. The molecule has 2 bridgehead atoms. The lowest BCUT2D eigenvalue weighted by Gasteiger charge is -2.39. The summed E-state index contributed by atoms with van der Waals surface area (Å²) in [7, 11) is 0. The van der Waals surface area contributed by atoms with Crippen molar-refractivity contribution >= 4 is 34.8 Å². The molecule has 2 heterocycles. The van der Waals surface area contributed by atoms with Gasteiger partial charge in [0.2, 0.25) is 0 Å². The highest BCUT2D eigenvalue weighted by atomic mass is 35.5. The van der Waals surface area contributed by atoms with E-state index >= 15 is 0 Å². The van der Waals surface area contributed by atoms with Gasteiger partial charge in [-0.25, -0.2) is 9.97 Å². The van der Waals surface area contributed by atoms with Crippen molar-refractivity contribution in [1.29, 1.82) is 0 Å². The smallest absolute Gasteiger partial charge is 0.269 e. The molecule has 1 saturated heterocycles. The van der Waals surface area contributed by atoms with Gasteiger partial charge in [0, 0.05) is 23.2 Å². The monoisotopic (exact) mass is 414 g/mol. The topological polar surface area (TPSA) is 96.2 Å². The van der Waals surface area contributed by atoms with E-state index in [9.17, 15) is 4.79 Å². The molecule has 1 saturated carbocycles. The molecule has 1 aromatic heterocycles. The molecule has 2 fully saturated rings. The third-order valence-corrected chi connectivity index (χ3v) is 6.17. The molecule has 7 nitrogen and oxygen atoms in total. The Balaban J connectivity index is 1.52. The van der Waals surface area contributed by atoms with E-state index in [2.05, 4.69) is 46.5 Å². The Labute approximate surface area is 176 Å². The molecular formula is C21H27ClN6O. The van der Waals surface area contributed by atoms with Crippen LogP contribution in [-0.2, 0) is 0 Å². The van der Waals surface area contributed by atoms with Crippen molar-refractivity contribution in [3.63, 3.8) is 0 Å². The van der Waals surface area contributed by atoms with Crippen LogP contribution < -0.4 is 21.5 Å². The van der Waals surface area contributed by atoms with Gasteiger partial charge in [-0.1, -0.05) is 38.4 Å². The number of hydrazine groups is 1. The number of nitrogen functional groups attached to an aromatic ring is 1. The summed E-state index contributed by atoms with van der Waals surface area (Å²) >= 11 is 5.95. The van der Waals surface area contributed by atoms with Gasteiger partial charge in [0.1, 0.15) is 12.0 Å². The fourth-order valence-corrected chi connectivity index (χ4v) is 5.43. The highest BCUT2D eigenvalue weighted by Gasteiger charge is 2.50. The average Bonchev–Trinajstić information content (AvgIpc) is 2.89. The van der Waals surface area contributed by atoms with Crippen LogP contribution in [-0.4, -0.2) is 28.5 Å². The summed E-state index contributed by atoms with van der Waals surface area (Å²) in [6.45, 7) is 7.95. The number of halogens is 1. The predicted molar refractivity (Wildman–Crippen MR) is 116 cm³/mol. The number of hydrogen-bond donors (Lipinski definition) is 3. The molecule has 2 aliphatic rings. The van der Waals surface area contributed by atoms with Gasteiger partial charge >= 0.3 is 0 Å². The van der Waals surface area contributed by atoms with Gasteiger partial charge in [-0.3, -0.25) is 15.6 Å². The van der Waals surface area contributed by atoms with Gasteiger partial charge in [-0.15, -0.1) is 0 Å². The second kappa shape index (κ2) is 7.06. The molecule has 1 amide bonds. The Bertz CT molecular complexity index is 949. The Morgan fingerprint density at radius 2 is 2.07 bits per heavy atom. The summed E-state index contributed by atoms with van der Waals surface area (Å²) < 4.78 is 0. The maximum atomic E-state index is 12.4. The maximum Gasteiger partial charge on any atom is 0.269 e. The van der Waals surface area contributed by atoms with Gasteiger partial charge in [-0.2, -0.15) is 0 Å². The van der Waals surface area contributed by atoms with Crippen LogP contribution in [0.3, 0.4) is 0 Å². The summed E-state index contributed by atoms with van der Waals surface area (Å²) in [6.07, 6.45) is 4.93. The van der Waals surface area contributed by atoms with Crippen molar-refractivity contribution in [3.05, 3.63) is 41.2 Å². The zero-order valence-electron chi connectivity index (χ0n) is 17.0. The molecule has 1 aromatic carbocycles. The first-order valence-electron chi connectivity index (χ1n) is 9.85. The number of nitrogens with one attached hydrogen (secondary N) is 2. The molecule has 2 atom stereocenters. The third-order valence-electron chi connectivity index (χ3n) is 5.93. The van der Waals surface area contributed by atoms with E-state index in [-0.39, 0.29) is 11.3 Å². The zero-order valence-corrected chi connectivity index (χ0v) is 17.8. The van der Waals surface area contributed by atoms with E-state index in [0.29, 0.717) is 33.5 Å². The van der Waals surface area contributed by atoms with Crippen LogP contribution in [0.15, 0.2) is 30.6 Å². The van der Waals surface area contributed by atoms with Gasteiger partial charge in [-0.05, 0) is 48.3 Å². The number of nitrogens with two attached hydrogens (primary N) is 1. The molecule has 8 heteroatoms. The first kappa shape index (κ1) is 19.8. The van der Waals surface area contributed by atoms with Crippen LogP contribution in [0.25, 0.3) is 0 Å². The quantitative estimate of drug-likeness (QED) is 0.657. The minimum Gasteiger partial charge on any atom is -0.393 e. The minimum absolute atomic E-state index is 0.262. The van der Waals surface area contributed by atoms with Crippen LogP contribution in [0.2, 0.25) is 5.02 Å². The van der Waals surface area contributed by atoms with E-state index in [1.54, 1.807) is 24.3 Å². The molecule has 1 aliphatic carbocycles. The molecule has 0 spiro atoms. The standard InChI is InChI=1S/C21H27ClN6O/c1-20(2)8-15-9-21(3,10-20)11-28(15)18-16(23)17(24-12-25-18)26-27-19(29)13-5-4-6-14(22)7-13/h4-7,12,15H,8-11,23H2,1-3H3,(H,27,29)(H,24,25,26). The lowest BCUT2D eigenvalue weighted by molar-refractivity contribution is 0.0962. The average molecular weight is 415 g/mol. The summed E-state index contributed by atoms with van der Waals surface area (Å²) in [5.41, 5.74) is 13.3. The number of benzene rings is 1. The van der Waals surface area contributed by atoms with Crippen molar-refractivity contribution in [2.24, 2.45) is 10.8 Å². The highest BCUT2D eigenvalue weighted by Crippen LogP contribution is 2.53. The fraction of sp³-hybridized carbons (Fsp3) is 0.476. The van der Waals surface area contributed by atoms with Gasteiger partial charge in [0.15, 0.2) is 11.6 Å². The first-order chi connectivity index (χ1) is 13.7. The summed E-state index contributed by atoms with van der Waals surface area (Å²) in [4.78, 5) is 23.4. The number of hydrogen-bond acceptors (Lipinski definition) is 6. The number of amides is 1. The zero-order chi connectivity index (χ0) is 20.8. The van der Waals surface area contributed by atoms with Crippen LogP contribution in [0.1, 0.15) is 50.4 Å². The molecule has 4 N–H and O–H groups in total. The van der Waals surface area contributed by atoms with Crippen molar-refractivity contribution in [1.82, 2.24) is 15.4 Å². The molecule has 4 rings (SSSR count). The van der Waals surface area contributed by atoms with Gasteiger partial charge in [0.25, 0.3) is 5.91 Å². The predicted octanol–water partition coefficient (Wildman–Crippen LogP) is 3.87. The van der Waals surface area contributed by atoms with Crippen molar-refractivity contribution in [2.75, 3.05) is 22.6 Å². The number of carbonyl (C=O) groups excluding carboxylic acids is 1. The fourth-order valence-electron chi connectivity index (χ4n) is 5.24. The molecule has 1 aliphatic heterocycles. The number of rotatable bonds is 4. The van der Waals surface area contributed by atoms with Crippen molar-refractivity contribution < 1.29 is 4.79 Å². The SMILES string of the molecule is CC1(C)CC2CC(C)(CN2c2ncnc(NNC(=O)c3cccc(Cl)c3)c2N)C1. The number of anilines is 3. The Morgan fingerprint density at radius 3 is 2.83 bits per heavy atom. The molecule has 0 radical (unpaired) electrons. The number of nitrogens with zero attached hydrogens (tertiary/aromatic N) is 3. The number of aromatic nitrogens is 2. The Hall–Kier alpha value is -2.54. The first-order valence-corrected chi connectivity index (χ1v) is 10.2. The minimum atomic E-state index is -0.321. The van der Waals surface area contributed by atoms with Crippen molar-refractivity contribution in [3.8, 4) is 0 Å². The molecule has 2 unspecified atom stereocenters. The molecule has 154 valence electrons. The lowest BCUT2D eigenvalue weighted by Crippen LogP contribution is -2.35. The lowest BCUT2D eigenvalue weighted by atomic mass is 9.65. The molecule has 2 aromatic rings. The van der Waals surface area contributed by atoms with E-state index in [4.69, 9.17) is 17.3 Å². The second-order valence-corrected chi connectivity index (χ2v) is 9.83. The van der Waals surface area contributed by atoms with Gasteiger partial charge < -0.3 is 10.6 Å². The summed E-state index contributed by atoms with van der Waals surface area (Å²) in [6, 6.07) is 7.14. The normalized spacial score (nSPS) is 25.0. The maximum absolute atomic E-state index is 12.4. The van der Waals surface area contributed by atoms with E-state index in [1.165, 1.54) is 12.7 Å². The summed E-state index contributed by atoms with van der Waals surface area (Å²) in [5, 5.41) is 0.498. The van der Waals surface area contributed by atoms with E-state index in [0.717, 1.165) is 25.2 Å². The Morgan fingerprint density at radius 1 is 1.28 bits per heavy atom. The summed E-state index contributed by atoms with van der Waals surface area (Å²) in [5.74, 6) is 0.792. The van der Waals surface area contributed by atoms with Crippen LogP contribution in [0.4, 0.5) is 17.3 Å². The second-order valence-electron chi connectivity index (χ2n) is 9.39. The third kappa shape index (κ3) is 3.96. The van der Waals surface area contributed by atoms with Crippen LogP contribution in [0.5, 0.6) is 0 Å². The van der Waals surface area contributed by atoms with Gasteiger partial charge in [0.05, 0.1) is 0 Å². The molecule has 29 heavy (non-hydrogen) atoms. The van der Waals surface area contributed by atoms with Crippen LogP contribution in [0, 0.1) is 10.8 Å². The Kier molecular flexibility index (Phi) is 4.81.